The lowest BCUT2D eigenvalue weighted by Crippen LogP contribution is -2.40. The second kappa shape index (κ2) is 16.1. The first-order valence-electron chi connectivity index (χ1n) is 10.0. The second-order valence-corrected chi connectivity index (χ2v) is 7.21. The SMILES string of the molecule is CCCC(CCO)CN=C(NCC)NCCCN1CCCC(C)C1.I. The number of aliphatic hydroxyl groups excluding tert-OH is 1. The van der Waals surface area contributed by atoms with Gasteiger partial charge in [-0.1, -0.05) is 20.3 Å². The topological polar surface area (TPSA) is 59.9 Å². The minimum Gasteiger partial charge on any atom is -0.396 e. The van der Waals surface area contributed by atoms with E-state index in [1.54, 1.807) is 0 Å². The molecule has 1 fully saturated rings. The van der Waals surface area contributed by atoms with Crippen LogP contribution >= 0.6 is 24.0 Å². The highest BCUT2D eigenvalue weighted by Crippen LogP contribution is 2.15. The first-order valence-corrected chi connectivity index (χ1v) is 10.0. The average molecular weight is 468 g/mol. The Labute approximate surface area is 172 Å². The van der Waals surface area contributed by atoms with Crippen LogP contribution in [0.1, 0.15) is 59.3 Å². The van der Waals surface area contributed by atoms with Gasteiger partial charge in [-0.25, -0.2) is 0 Å². The molecule has 0 aliphatic carbocycles. The van der Waals surface area contributed by atoms with E-state index >= 15 is 0 Å². The van der Waals surface area contributed by atoms with E-state index in [-0.39, 0.29) is 30.6 Å². The first kappa shape index (κ1) is 24.9. The monoisotopic (exact) mass is 468 g/mol. The second-order valence-electron chi connectivity index (χ2n) is 7.21. The van der Waals surface area contributed by atoms with E-state index in [0.29, 0.717) is 5.92 Å². The van der Waals surface area contributed by atoms with E-state index < -0.39 is 0 Å². The molecule has 1 saturated heterocycles. The molecule has 5 nitrogen and oxygen atoms in total. The Morgan fingerprint density at radius 3 is 2.72 bits per heavy atom. The third-order valence-corrected chi connectivity index (χ3v) is 4.77. The van der Waals surface area contributed by atoms with Gasteiger partial charge in [-0.05, 0) is 64.0 Å². The molecule has 0 radical (unpaired) electrons. The van der Waals surface area contributed by atoms with Gasteiger partial charge in [0.05, 0.1) is 0 Å². The van der Waals surface area contributed by atoms with Gasteiger partial charge in [-0.2, -0.15) is 0 Å². The summed E-state index contributed by atoms with van der Waals surface area (Å²) in [4.78, 5) is 7.31. The molecule has 0 aromatic rings. The third kappa shape index (κ3) is 12.0. The quantitative estimate of drug-likeness (QED) is 0.189. The van der Waals surface area contributed by atoms with Crippen molar-refractivity contribution in [2.45, 2.75) is 59.3 Å². The Bertz CT molecular complexity index is 335. The molecule has 0 aromatic heterocycles. The molecular weight excluding hydrogens is 427 g/mol. The number of aliphatic imine (C=N–C) groups is 1. The fraction of sp³-hybridized carbons (Fsp3) is 0.947. The predicted molar refractivity (Wildman–Crippen MR) is 119 cm³/mol. The third-order valence-electron chi connectivity index (χ3n) is 4.77. The Morgan fingerprint density at radius 1 is 1.28 bits per heavy atom. The van der Waals surface area contributed by atoms with Gasteiger partial charge in [0.25, 0.3) is 0 Å². The van der Waals surface area contributed by atoms with Crippen LogP contribution in [0.25, 0.3) is 0 Å². The van der Waals surface area contributed by atoms with Crippen molar-refractivity contribution in [2.75, 3.05) is 45.9 Å². The zero-order valence-corrected chi connectivity index (χ0v) is 18.9. The summed E-state index contributed by atoms with van der Waals surface area (Å²) in [5.41, 5.74) is 0. The van der Waals surface area contributed by atoms with Crippen LogP contribution < -0.4 is 10.6 Å². The molecule has 25 heavy (non-hydrogen) atoms. The lowest BCUT2D eigenvalue weighted by atomic mass is 10.0. The summed E-state index contributed by atoms with van der Waals surface area (Å²) in [7, 11) is 0. The lowest BCUT2D eigenvalue weighted by Gasteiger charge is -2.30. The zero-order chi connectivity index (χ0) is 17.6. The zero-order valence-electron chi connectivity index (χ0n) is 16.6. The molecule has 1 aliphatic rings. The maximum absolute atomic E-state index is 9.16. The standard InChI is InChI=1S/C19H40N4O.HI/c1-4-8-18(10-14-24)15-22-19(20-5-2)21-11-7-13-23-12-6-9-17(3)16-23;/h17-18,24H,4-16H2,1-3H3,(H2,20,21,22);1H. The molecule has 3 N–H and O–H groups in total. The minimum atomic E-state index is 0. The largest absolute Gasteiger partial charge is 0.396 e. The van der Waals surface area contributed by atoms with Crippen LogP contribution in [0.15, 0.2) is 4.99 Å². The normalized spacial score (nSPS) is 20.0. The van der Waals surface area contributed by atoms with Crippen molar-refractivity contribution in [1.29, 1.82) is 0 Å². The number of likely N-dealkylation sites (tertiary alicyclic amines) is 1. The maximum Gasteiger partial charge on any atom is 0.191 e. The summed E-state index contributed by atoms with van der Waals surface area (Å²) in [6, 6.07) is 0. The van der Waals surface area contributed by atoms with E-state index in [1.807, 2.05) is 0 Å². The highest BCUT2D eigenvalue weighted by Gasteiger charge is 2.15. The number of rotatable bonds is 11. The fourth-order valence-corrected chi connectivity index (χ4v) is 3.48. The van der Waals surface area contributed by atoms with Gasteiger partial charge in [0.15, 0.2) is 5.96 Å². The van der Waals surface area contributed by atoms with Gasteiger partial charge in [0.1, 0.15) is 0 Å². The van der Waals surface area contributed by atoms with Crippen LogP contribution in [0, 0.1) is 11.8 Å². The van der Waals surface area contributed by atoms with Gasteiger partial charge in [0, 0.05) is 32.8 Å². The van der Waals surface area contributed by atoms with Crippen molar-refractivity contribution < 1.29 is 5.11 Å². The predicted octanol–water partition coefficient (Wildman–Crippen LogP) is 3.08. The van der Waals surface area contributed by atoms with Crippen molar-refractivity contribution in [3.63, 3.8) is 0 Å². The molecule has 2 atom stereocenters. The molecule has 0 bridgehead atoms. The van der Waals surface area contributed by atoms with Gasteiger partial charge in [0.2, 0.25) is 0 Å². The summed E-state index contributed by atoms with van der Waals surface area (Å²) in [6.07, 6.45) is 7.03. The highest BCUT2D eigenvalue weighted by molar-refractivity contribution is 14.0. The van der Waals surface area contributed by atoms with E-state index in [1.165, 1.54) is 32.5 Å². The Kier molecular flexibility index (Phi) is 16.1. The summed E-state index contributed by atoms with van der Waals surface area (Å²) >= 11 is 0. The number of piperidine rings is 1. The van der Waals surface area contributed by atoms with Gasteiger partial charge < -0.3 is 20.6 Å². The molecule has 0 aromatic carbocycles. The van der Waals surface area contributed by atoms with E-state index in [2.05, 4.69) is 36.3 Å². The number of guanidine groups is 1. The van der Waals surface area contributed by atoms with E-state index in [4.69, 9.17) is 10.1 Å². The maximum atomic E-state index is 9.16. The molecule has 1 rings (SSSR count). The van der Waals surface area contributed by atoms with Crippen LogP contribution in [-0.4, -0.2) is 61.8 Å². The average Bonchev–Trinajstić information content (AvgIpc) is 2.56. The van der Waals surface area contributed by atoms with E-state index in [9.17, 15) is 0 Å². The van der Waals surface area contributed by atoms with Gasteiger partial charge >= 0.3 is 0 Å². The summed E-state index contributed by atoms with van der Waals surface area (Å²) in [5, 5.41) is 16.0. The Balaban J connectivity index is 0.00000576. The smallest absolute Gasteiger partial charge is 0.191 e. The highest BCUT2D eigenvalue weighted by atomic mass is 127. The van der Waals surface area contributed by atoms with Crippen molar-refractivity contribution in [2.24, 2.45) is 16.8 Å². The molecule has 0 amide bonds. The first-order chi connectivity index (χ1) is 11.7. The Hall–Kier alpha value is -0.0800. The number of halogens is 1. The molecule has 150 valence electrons. The van der Waals surface area contributed by atoms with Crippen LogP contribution in [-0.2, 0) is 0 Å². The van der Waals surface area contributed by atoms with Crippen molar-refractivity contribution in [3.8, 4) is 0 Å². The summed E-state index contributed by atoms with van der Waals surface area (Å²) in [5.74, 6) is 2.27. The number of hydrogen-bond donors (Lipinski definition) is 3. The van der Waals surface area contributed by atoms with Crippen LogP contribution in [0.2, 0.25) is 0 Å². The number of nitrogens with one attached hydrogen (secondary N) is 2. The molecule has 2 unspecified atom stereocenters. The summed E-state index contributed by atoms with van der Waals surface area (Å²) in [6.45, 7) is 13.3. The molecular formula is C19H41IN4O. The molecule has 6 heteroatoms. The lowest BCUT2D eigenvalue weighted by molar-refractivity contribution is 0.182. The van der Waals surface area contributed by atoms with Crippen molar-refractivity contribution in [1.82, 2.24) is 15.5 Å². The van der Waals surface area contributed by atoms with Crippen LogP contribution in [0.4, 0.5) is 0 Å². The molecule has 1 heterocycles. The summed E-state index contributed by atoms with van der Waals surface area (Å²) < 4.78 is 0. The van der Waals surface area contributed by atoms with Crippen molar-refractivity contribution in [3.05, 3.63) is 0 Å². The van der Waals surface area contributed by atoms with Crippen LogP contribution in [0.3, 0.4) is 0 Å². The van der Waals surface area contributed by atoms with Gasteiger partial charge in [-0.3, -0.25) is 4.99 Å². The molecule has 0 spiro atoms. The number of nitrogens with zero attached hydrogens (tertiary/aromatic N) is 2. The fourth-order valence-electron chi connectivity index (χ4n) is 3.48. The van der Waals surface area contributed by atoms with Crippen LogP contribution in [0.5, 0.6) is 0 Å². The minimum absolute atomic E-state index is 0. The van der Waals surface area contributed by atoms with Gasteiger partial charge in [-0.15, -0.1) is 24.0 Å². The number of hydrogen-bond acceptors (Lipinski definition) is 3. The number of aliphatic hydroxyl groups is 1. The molecule has 1 aliphatic heterocycles. The van der Waals surface area contributed by atoms with E-state index in [0.717, 1.165) is 57.2 Å². The molecule has 0 saturated carbocycles. The Morgan fingerprint density at radius 2 is 2.08 bits per heavy atom. The van der Waals surface area contributed by atoms with Crippen molar-refractivity contribution >= 4 is 29.9 Å².